The molecule has 20 heavy (non-hydrogen) atoms. The van der Waals surface area contributed by atoms with Crippen LogP contribution in [0.4, 0.5) is 18.9 Å². The first kappa shape index (κ1) is 14.4. The lowest BCUT2D eigenvalue weighted by Crippen LogP contribution is -2.19. The third kappa shape index (κ3) is 3.53. The molecule has 0 saturated carbocycles. The van der Waals surface area contributed by atoms with Crippen molar-refractivity contribution in [3.63, 3.8) is 0 Å². The van der Waals surface area contributed by atoms with Crippen molar-refractivity contribution in [1.29, 1.82) is 0 Å². The Morgan fingerprint density at radius 2 is 2.05 bits per heavy atom. The van der Waals surface area contributed by atoms with Gasteiger partial charge >= 0.3 is 6.18 Å². The minimum Gasteiger partial charge on any atom is -0.482 e. The third-order valence-corrected chi connectivity index (χ3v) is 2.69. The summed E-state index contributed by atoms with van der Waals surface area (Å²) >= 11 is 0. The molecule has 2 rings (SSSR count). The fourth-order valence-corrected chi connectivity index (χ4v) is 1.84. The molecule has 6 heteroatoms. The lowest BCUT2D eigenvalue weighted by Gasteiger charge is -2.13. The highest BCUT2D eigenvalue weighted by Crippen LogP contribution is 2.29. The molecule has 0 aliphatic carbocycles. The Morgan fingerprint density at radius 1 is 1.25 bits per heavy atom. The predicted molar refractivity (Wildman–Crippen MR) is 72.1 cm³/mol. The Hall–Kier alpha value is -1.98. The molecule has 1 heterocycles. The molecule has 3 nitrogen and oxygen atoms in total. The van der Waals surface area contributed by atoms with Gasteiger partial charge in [0.2, 0.25) is 0 Å². The molecule has 0 saturated heterocycles. The number of pyridine rings is 1. The normalized spacial score (nSPS) is 11.6. The van der Waals surface area contributed by atoms with Crippen LogP contribution >= 0.6 is 0 Å². The summed E-state index contributed by atoms with van der Waals surface area (Å²) in [6, 6.07) is 6.75. The number of ether oxygens (including phenoxy) is 1. The molecule has 0 unspecified atom stereocenters. The molecule has 0 spiro atoms. The molecule has 1 aromatic heterocycles. The van der Waals surface area contributed by atoms with E-state index in [1.165, 1.54) is 6.07 Å². The highest BCUT2D eigenvalue weighted by Gasteiger charge is 2.28. The summed E-state index contributed by atoms with van der Waals surface area (Å²) in [7, 11) is 0. The fraction of sp³-hybridized carbons (Fsp3) is 0.357. The van der Waals surface area contributed by atoms with E-state index < -0.39 is 12.8 Å². The van der Waals surface area contributed by atoms with Crippen molar-refractivity contribution in [3.8, 4) is 5.75 Å². The number of fused-ring (bicyclic) bond motifs is 1. The average Bonchev–Trinajstić information content (AvgIpc) is 2.42. The third-order valence-electron chi connectivity index (χ3n) is 2.69. The van der Waals surface area contributed by atoms with Crippen molar-refractivity contribution in [2.45, 2.75) is 19.5 Å². The number of benzene rings is 1. The van der Waals surface area contributed by atoms with E-state index in [1.807, 2.05) is 6.92 Å². The van der Waals surface area contributed by atoms with Crippen LogP contribution in [0.3, 0.4) is 0 Å². The molecular weight excluding hydrogens is 269 g/mol. The number of alkyl halides is 3. The zero-order valence-electron chi connectivity index (χ0n) is 11.0. The second-order valence-corrected chi connectivity index (χ2v) is 4.34. The van der Waals surface area contributed by atoms with Crippen LogP contribution in [0, 0.1) is 0 Å². The maximum Gasteiger partial charge on any atom is 0.422 e. The lowest BCUT2D eigenvalue weighted by atomic mass is 10.1. The summed E-state index contributed by atoms with van der Waals surface area (Å²) in [4.78, 5) is 4.12. The van der Waals surface area contributed by atoms with Crippen LogP contribution in [0.25, 0.3) is 10.9 Å². The van der Waals surface area contributed by atoms with Gasteiger partial charge in [-0.3, -0.25) is 4.98 Å². The maximum absolute atomic E-state index is 12.2. The van der Waals surface area contributed by atoms with Crippen molar-refractivity contribution in [3.05, 3.63) is 30.5 Å². The zero-order valence-corrected chi connectivity index (χ0v) is 11.0. The first-order valence-corrected chi connectivity index (χ1v) is 6.32. The molecule has 0 bridgehead atoms. The molecule has 0 radical (unpaired) electrons. The van der Waals surface area contributed by atoms with Crippen LogP contribution in [0.1, 0.15) is 13.3 Å². The van der Waals surface area contributed by atoms with E-state index in [9.17, 15) is 13.2 Å². The second kappa shape index (κ2) is 5.98. The molecule has 108 valence electrons. The number of hydrogen-bond acceptors (Lipinski definition) is 3. The van der Waals surface area contributed by atoms with Crippen molar-refractivity contribution in [2.24, 2.45) is 0 Å². The number of halogens is 3. The molecule has 0 atom stereocenters. The van der Waals surface area contributed by atoms with Gasteiger partial charge in [-0.05, 0) is 18.6 Å². The Labute approximate surface area is 114 Å². The topological polar surface area (TPSA) is 34.2 Å². The molecule has 2 aromatic rings. The van der Waals surface area contributed by atoms with Crippen LogP contribution < -0.4 is 10.1 Å². The van der Waals surface area contributed by atoms with Crippen molar-refractivity contribution >= 4 is 16.6 Å². The van der Waals surface area contributed by atoms with Gasteiger partial charge in [0.25, 0.3) is 0 Å². The number of rotatable bonds is 5. The van der Waals surface area contributed by atoms with E-state index in [2.05, 4.69) is 10.3 Å². The average molecular weight is 284 g/mol. The highest BCUT2D eigenvalue weighted by molar-refractivity contribution is 5.94. The Kier molecular flexibility index (Phi) is 4.32. The van der Waals surface area contributed by atoms with Crippen LogP contribution in [-0.4, -0.2) is 24.3 Å². The number of anilines is 1. The van der Waals surface area contributed by atoms with Crippen molar-refractivity contribution in [1.82, 2.24) is 4.98 Å². The summed E-state index contributed by atoms with van der Waals surface area (Å²) in [6.07, 6.45) is -1.85. The van der Waals surface area contributed by atoms with Crippen LogP contribution in [-0.2, 0) is 0 Å². The number of nitrogens with one attached hydrogen (secondary N) is 1. The molecule has 1 aromatic carbocycles. The van der Waals surface area contributed by atoms with E-state index in [0.717, 1.165) is 24.0 Å². The standard InChI is InChI=1S/C14H15F3N2O/c1-2-7-18-11-6-8-19-13-10(11)4-3-5-12(13)20-9-14(15,16)17/h3-6,8H,2,7,9H2,1H3,(H,18,19). The van der Waals surface area contributed by atoms with Crippen LogP contribution in [0.2, 0.25) is 0 Å². The number of aromatic nitrogens is 1. The Bertz CT molecular complexity index is 584. The lowest BCUT2D eigenvalue weighted by molar-refractivity contribution is -0.153. The Morgan fingerprint density at radius 3 is 2.75 bits per heavy atom. The van der Waals surface area contributed by atoms with Crippen molar-refractivity contribution < 1.29 is 17.9 Å². The van der Waals surface area contributed by atoms with E-state index in [4.69, 9.17) is 4.74 Å². The number of nitrogens with zero attached hydrogens (tertiary/aromatic N) is 1. The summed E-state index contributed by atoms with van der Waals surface area (Å²) < 4.78 is 41.5. The SMILES string of the molecule is CCCNc1ccnc2c(OCC(F)(F)F)cccc12. The summed E-state index contributed by atoms with van der Waals surface area (Å²) in [5.74, 6) is 0.139. The first-order valence-electron chi connectivity index (χ1n) is 6.32. The van der Waals surface area contributed by atoms with Gasteiger partial charge in [-0.2, -0.15) is 13.2 Å². The maximum atomic E-state index is 12.2. The summed E-state index contributed by atoms with van der Waals surface area (Å²) in [5.41, 5.74) is 1.27. The largest absolute Gasteiger partial charge is 0.482 e. The first-order chi connectivity index (χ1) is 9.51. The smallest absolute Gasteiger partial charge is 0.422 e. The van der Waals surface area contributed by atoms with Crippen molar-refractivity contribution in [2.75, 3.05) is 18.5 Å². The van der Waals surface area contributed by atoms with E-state index in [1.54, 1.807) is 24.4 Å². The zero-order chi connectivity index (χ0) is 14.6. The molecule has 1 N–H and O–H groups in total. The van der Waals surface area contributed by atoms with Gasteiger partial charge in [0.05, 0.1) is 0 Å². The van der Waals surface area contributed by atoms with Gasteiger partial charge < -0.3 is 10.1 Å². The van der Waals surface area contributed by atoms with Gasteiger partial charge in [-0.15, -0.1) is 0 Å². The van der Waals surface area contributed by atoms with Gasteiger partial charge in [-0.25, -0.2) is 0 Å². The van der Waals surface area contributed by atoms with Gasteiger partial charge in [0.1, 0.15) is 11.3 Å². The molecule has 0 aliphatic heterocycles. The monoisotopic (exact) mass is 284 g/mol. The van der Waals surface area contributed by atoms with E-state index in [-0.39, 0.29) is 5.75 Å². The molecule has 0 aliphatic rings. The quantitative estimate of drug-likeness (QED) is 0.901. The molecular formula is C14H15F3N2O. The van der Waals surface area contributed by atoms with E-state index in [0.29, 0.717) is 5.52 Å². The van der Waals surface area contributed by atoms with Gasteiger partial charge in [0.15, 0.2) is 6.61 Å². The number of para-hydroxylation sites is 1. The van der Waals surface area contributed by atoms with Crippen LogP contribution in [0.15, 0.2) is 30.5 Å². The van der Waals surface area contributed by atoms with Gasteiger partial charge in [0, 0.05) is 23.8 Å². The highest BCUT2D eigenvalue weighted by atomic mass is 19.4. The minimum atomic E-state index is -4.36. The van der Waals surface area contributed by atoms with E-state index >= 15 is 0 Å². The minimum absolute atomic E-state index is 0.139. The van der Waals surface area contributed by atoms with Gasteiger partial charge in [-0.1, -0.05) is 19.1 Å². The predicted octanol–water partition coefficient (Wildman–Crippen LogP) is 4.00. The fourth-order valence-electron chi connectivity index (χ4n) is 1.84. The van der Waals surface area contributed by atoms with Crippen LogP contribution in [0.5, 0.6) is 5.75 Å². The second-order valence-electron chi connectivity index (χ2n) is 4.34. The number of hydrogen-bond donors (Lipinski definition) is 1. The molecule has 0 amide bonds. The summed E-state index contributed by atoms with van der Waals surface area (Å²) in [5, 5.41) is 3.97. The molecule has 0 fully saturated rings. The summed E-state index contributed by atoms with van der Waals surface area (Å²) in [6.45, 7) is 1.50. The Balaban J connectivity index is 2.32.